The summed E-state index contributed by atoms with van der Waals surface area (Å²) in [4.78, 5) is 26.7. The lowest BCUT2D eigenvalue weighted by molar-refractivity contribution is -0.126. The second-order valence-corrected chi connectivity index (χ2v) is 7.23. The summed E-state index contributed by atoms with van der Waals surface area (Å²) in [5, 5.41) is 11.0. The maximum absolute atomic E-state index is 12.6. The van der Waals surface area contributed by atoms with Crippen molar-refractivity contribution < 1.29 is 19.1 Å². The van der Waals surface area contributed by atoms with Gasteiger partial charge >= 0.3 is 0 Å². The molecule has 0 bridgehead atoms. The van der Waals surface area contributed by atoms with Gasteiger partial charge in [0.2, 0.25) is 11.8 Å². The molecule has 8 nitrogen and oxygen atoms in total. The number of fused-ring (bicyclic) bond motifs is 1. The van der Waals surface area contributed by atoms with Crippen LogP contribution in [0.25, 0.3) is 10.9 Å². The lowest BCUT2D eigenvalue weighted by atomic mass is 10.1. The highest BCUT2D eigenvalue weighted by Crippen LogP contribution is 2.30. The Hall–Kier alpha value is -3.55. The molecule has 8 heteroatoms. The van der Waals surface area contributed by atoms with Crippen LogP contribution in [0, 0.1) is 5.92 Å². The molecule has 3 aromatic rings. The van der Waals surface area contributed by atoms with Gasteiger partial charge < -0.3 is 14.8 Å². The van der Waals surface area contributed by atoms with Crippen LogP contribution in [0.4, 0.5) is 5.82 Å². The summed E-state index contributed by atoms with van der Waals surface area (Å²) in [6, 6.07) is 13.3. The normalized spacial score (nSPS) is 16.1. The number of nitrogens with one attached hydrogen (secondary N) is 2. The predicted octanol–water partition coefficient (Wildman–Crippen LogP) is 2.29. The van der Waals surface area contributed by atoms with Gasteiger partial charge in [0.05, 0.1) is 25.7 Å². The van der Waals surface area contributed by atoms with E-state index >= 15 is 0 Å². The highest BCUT2D eigenvalue weighted by Gasteiger charge is 2.36. The molecule has 0 saturated carbocycles. The first-order valence-electron chi connectivity index (χ1n) is 9.82. The number of carbonyl (C=O) groups is 2. The van der Waals surface area contributed by atoms with Crippen LogP contribution in [0.3, 0.4) is 0 Å². The Balaban J connectivity index is 1.35. The van der Waals surface area contributed by atoms with Crippen molar-refractivity contribution in [1.82, 2.24) is 15.5 Å². The molecule has 2 aromatic carbocycles. The largest absolute Gasteiger partial charge is 0.493 e. The minimum absolute atomic E-state index is 0.0905. The predicted molar refractivity (Wildman–Crippen MR) is 113 cm³/mol. The summed E-state index contributed by atoms with van der Waals surface area (Å²) >= 11 is 0. The maximum Gasteiger partial charge on any atom is 0.229 e. The standard InChI is InChI=1S/C22H24N4O4/c1-29-18-8-7-14(11-19(18)30-2)9-10-23-22(28)15-12-20(27)26(13-15)21-16-5-3-4-6-17(16)24-25-21/h3-8,11,15H,9-10,12-13H2,1-2H3,(H,23,28)(H,24,25). The molecule has 2 N–H and O–H groups in total. The number of carbonyl (C=O) groups excluding carboxylic acids is 2. The SMILES string of the molecule is COc1ccc(CCNC(=O)C2CC(=O)N(c3n[nH]c4ccccc34)C2)cc1OC. The number of anilines is 1. The lowest BCUT2D eigenvalue weighted by Gasteiger charge is -2.14. The van der Waals surface area contributed by atoms with Crippen LogP contribution in [0.15, 0.2) is 42.5 Å². The van der Waals surface area contributed by atoms with Crippen LogP contribution >= 0.6 is 0 Å². The van der Waals surface area contributed by atoms with Crippen LogP contribution in [-0.4, -0.2) is 49.3 Å². The highest BCUT2D eigenvalue weighted by molar-refractivity contribution is 6.05. The van der Waals surface area contributed by atoms with E-state index in [1.807, 2.05) is 42.5 Å². The number of hydrogen-bond donors (Lipinski definition) is 2. The molecular weight excluding hydrogens is 384 g/mol. The number of nitrogens with zero attached hydrogens (tertiary/aromatic N) is 2. The lowest BCUT2D eigenvalue weighted by Crippen LogP contribution is -2.34. The third-order valence-corrected chi connectivity index (χ3v) is 5.36. The van der Waals surface area contributed by atoms with Gasteiger partial charge in [0.1, 0.15) is 0 Å². The van der Waals surface area contributed by atoms with Crippen molar-refractivity contribution in [3.63, 3.8) is 0 Å². The van der Waals surface area contributed by atoms with Gasteiger partial charge in [0.25, 0.3) is 0 Å². The first-order chi connectivity index (χ1) is 14.6. The zero-order valence-electron chi connectivity index (χ0n) is 17.0. The average Bonchev–Trinajstić information content (AvgIpc) is 3.36. The van der Waals surface area contributed by atoms with Gasteiger partial charge in [-0.3, -0.25) is 19.6 Å². The van der Waals surface area contributed by atoms with Crippen LogP contribution in [0.5, 0.6) is 11.5 Å². The fraction of sp³-hybridized carbons (Fsp3) is 0.318. The Bertz CT molecular complexity index is 1080. The summed E-state index contributed by atoms with van der Waals surface area (Å²) < 4.78 is 10.6. The Morgan fingerprint density at radius 2 is 2.00 bits per heavy atom. The fourth-order valence-electron chi connectivity index (χ4n) is 3.75. The summed E-state index contributed by atoms with van der Waals surface area (Å²) in [6.45, 7) is 0.806. The van der Waals surface area contributed by atoms with Crippen molar-refractivity contribution in [3.8, 4) is 11.5 Å². The third kappa shape index (κ3) is 3.80. The molecule has 0 aliphatic carbocycles. The van der Waals surface area contributed by atoms with Crippen molar-refractivity contribution >= 4 is 28.5 Å². The van der Waals surface area contributed by atoms with Gasteiger partial charge in [-0.15, -0.1) is 0 Å². The zero-order valence-corrected chi connectivity index (χ0v) is 17.0. The summed E-state index contributed by atoms with van der Waals surface area (Å²) in [5.41, 5.74) is 1.89. The number of methoxy groups -OCH3 is 2. The molecule has 4 rings (SSSR count). The topological polar surface area (TPSA) is 96.5 Å². The molecule has 0 spiro atoms. The number of rotatable bonds is 7. The maximum atomic E-state index is 12.6. The molecular formula is C22H24N4O4. The molecule has 1 atom stereocenters. The van der Waals surface area contributed by atoms with Gasteiger partial charge in [-0.2, -0.15) is 5.10 Å². The number of benzene rings is 2. The summed E-state index contributed by atoms with van der Waals surface area (Å²) in [6.07, 6.45) is 0.837. The van der Waals surface area contributed by atoms with Gasteiger partial charge in [0, 0.05) is 24.9 Å². The van der Waals surface area contributed by atoms with Crippen molar-refractivity contribution in [2.75, 3.05) is 32.2 Å². The van der Waals surface area contributed by atoms with E-state index in [0.29, 0.717) is 36.8 Å². The molecule has 2 heterocycles. The van der Waals surface area contributed by atoms with Crippen molar-refractivity contribution in [3.05, 3.63) is 48.0 Å². The highest BCUT2D eigenvalue weighted by atomic mass is 16.5. The minimum atomic E-state index is -0.390. The third-order valence-electron chi connectivity index (χ3n) is 5.36. The van der Waals surface area contributed by atoms with Gasteiger partial charge in [-0.25, -0.2) is 0 Å². The molecule has 0 radical (unpaired) electrons. The number of aromatic nitrogens is 2. The van der Waals surface area contributed by atoms with E-state index < -0.39 is 5.92 Å². The Kier molecular flexibility index (Phi) is 5.56. The zero-order chi connectivity index (χ0) is 21.1. The van der Waals surface area contributed by atoms with Gasteiger partial charge in [-0.1, -0.05) is 18.2 Å². The van der Waals surface area contributed by atoms with E-state index in [0.717, 1.165) is 16.5 Å². The number of para-hydroxylation sites is 1. The number of amides is 2. The molecule has 2 amide bonds. The molecule has 1 unspecified atom stereocenters. The summed E-state index contributed by atoms with van der Waals surface area (Å²) in [5.74, 6) is 1.30. The Morgan fingerprint density at radius 3 is 2.80 bits per heavy atom. The molecule has 1 fully saturated rings. The summed E-state index contributed by atoms with van der Waals surface area (Å²) in [7, 11) is 3.19. The van der Waals surface area contributed by atoms with E-state index in [1.165, 1.54) is 0 Å². The van der Waals surface area contributed by atoms with Gasteiger partial charge in [0.15, 0.2) is 17.3 Å². The van der Waals surface area contributed by atoms with E-state index in [-0.39, 0.29) is 18.2 Å². The molecule has 156 valence electrons. The number of hydrogen-bond acceptors (Lipinski definition) is 5. The van der Waals surface area contributed by atoms with Crippen molar-refractivity contribution in [1.29, 1.82) is 0 Å². The van der Waals surface area contributed by atoms with Crippen LogP contribution < -0.4 is 19.7 Å². The minimum Gasteiger partial charge on any atom is -0.493 e. The fourth-order valence-corrected chi connectivity index (χ4v) is 3.75. The monoisotopic (exact) mass is 408 g/mol. The number of aromatic amines is 1. The first kappa shape index (κ1) is 19.8. The van der Waals surface area contributed by atoms with Gasteiger partial charge in [-0.05, 0) is 36.2 Å². The smallest absolute Gasteiger partial charge is 0.229 e. The van der Waals surface area contributed by atoms with E-state index in [2.05, 4.69) is 15.5 Å². The molecule has 1 aromatic heterocycles. The van der Waals surface area contributed by atoms with E-state index in [1.54, 1.807) is 19.1 Å². The van der Waals surface area contributed by atoms with Crippen LogP contribution in [-0.2, 0) is 16.0 Å². The average molecular weight is 408 g/mol. The van der Waals surface area contributed by atoms with E-state index in [9.17, 15) is 9.59 Å². The first-order valence-corrected chi connectivity index (χ1v) is 9.82. The van der Waals surface area contributed by atoms with Crippen LogP contribution in [0.2, 0.25) is 0 Å². The van der Waals surface area contributed by atoms with E-state index in [4.69, 9.17) is 9.47 Å². The molecule has 1 saturated heterocycles. The van der Waals surface area contributed by atoms with Crippen molar-refractivity contribution in [2.45, 2.75) is 12.8 Å². The molecule has 1 aliphatic rings. The second-order valence-electron chi connectivity index (χ2n) is 7.23. The van der Waals surface area contributed by atoms with Crippen LogP contribution in [0.1, 0.15) is 12.0 Å². The number of H-pyrrole nitrogens is 1. The van der Waals surface area contributed by atoms with Crippen molar-refractivity contribution in [2.24, 2.45) is 5.92 Å². The quantitative estimate of drug-likeness (QED) is 0.625. The molecule has 30 heavy (non-hydrogen) atoms. The Morgan fingerprint density at radius 1 is 1.20 bits per heavy atom. The molecule has 1 aliphatic heterocycles. The Labute approximate surface area is 174 Å². The number of ether oxygens (including phenoxy) is 2. The second kappa shape index (κ2) is 8.44.